The van der Waals surface area contributed by atoms with Gasteiger partial charge in [-0.05, 0) is 52.0 Å². The van der Waals surface area contributed by atoms with Gasteiger partial charge in [-0.15, -0.1) is 0 Å². The van der Waals surface area contributed by atoms with E-state index in [1.54, 1.807) is 4.90 Å². The highest BCUT2D eigenvalue weighted by molar-refractivity contribution is 5.70. The zero-order chi connectivity index (χ0) is 26.2. The van der Waals surface area contributed by atoms with Crippen molar-refractivity contribution in [3.63, 3.8) is 0 Å². The Hall–Kier alpha value is -2.24. The standard InChI is InChI=1S/C27H37NO9/c1-26(2)34-21-19(33-24-23(22(21)35-26)36-27(3,4)37-24)16-32-25(30)28-12-10-17(11-13-28)14-20(29)31-15-18-8-6-5-7-9-18/h5-9,17,19,21-24H,10-16H2,1-4H3/t19-,21+,22+,23-,24-/m1/s1. The van der Waals surface area contributed by atoms with Crippen LogP contribution in [0.2, 0.25) is 0 Å². The van der Waals surface area contributed by atoms with Crippen molar-refractivity contribution >= 4 is 12.1 Å². The number of carbonyl (C=O) groups is 2. The number of piperidine rings is 1. The van der Waals surface area contributed by atoms with Crippen LogP contribution in [0.5, 0.6) is 0 Å². The van der Waals surface area contributed by atoms with Crippen LogP contribution in [0.1, 0.15) is 52.5 Å². The number of hydrogen-bond donors (Lipinski definition) is 0. The van der Waals surface area contributed by atoms with Gasteiger partial charge in [0.2, 0.25) is 0 Å². The molecule has 1 aromatic rings. The predicted molar refractivity (Wildman–Crippen MR) is 129 cm³/mol. The fourth-order valence-corrected chi connectivity index (χ4v) is 5.42. The van der Waals surface area contributed by atoms with Crippen LogP contribution < -0.4 is 0 Å². The van der Waals surface area contributed by atoms with Crippen LogP contribution in [0.4, 0.5) is 4.79 Å². The Morgan fingerprint density at radius 3 is 2.27 bits per heavy atom. The fraction of sp³-hybridized carbons (Fsp3) is 0.704. The number of fused-ring (bicyclic) bond motifs is 3. The van der Waals surface area contributed by atoms with Crippen molar-refractivity contribution in [1.82, 2.24) is 4.90 Å². The highest BCUT2D eigenvalue weighted by atomic mass is 16.9. The summed E-state index contributed by atoms with van der Waals surface area (Å²) < 4.78 is 41.2. The number of benzene rings is 1. The summed E-state index contributed by atoms with van der Waals surface area (Å²) in [5, 5.41) is 0. The van der Waals surface area contributed by atoms with Gasteiger partial charge >= 0.3 is 12.1 Å². The maximum absolute atomic E-state index is 12.8. The first-order valence-electron chi connectivity index (χ1n) is 13.1. The van der Waals surface area contributed by atoms with E-state index >= 15 is 0 Å². The number of rotatable bonds is 6. The van der Waals surface area contributed by atoms with E-state index in [1.807, 2.05) is 58.0 Å². The van der Waals surface area contributed by atoms with Gasteiger partial charge in [-0.3, -0.25) is 4.79 Å². The number of hydrogen-bond acceptors (Lipinski definition) is 9. The lowest BCUT2D eigenvalue weighted by Gasteiger charge is -2.37. The molecule has 0 saturated carbocycles. The van der Waals surface area contributed by atoms with Gasteiger partial charge in [-0.2, -0.15) is 0 Å². The van der Waals surface area contributed by atoms with Crippen molar-refractivity contribution in [2.75, 3.05) is 19.7 Å². The molecule has 1 amide bonds. The summed E-state index contributed by atoms with van der Waals surface area (Å²) in [7, 11) is 0. The smallest absolute Gasteiger partial charge is 0.409 e. The van der Waals surface area contributed by atoms with E-state index in [-0.39, 0.29) is 25.1 Å². The molecular weight excluding hydrogens is 482 g/mol. The lowest BCUT2D eigenvalue weighted by atomic mass is 9.94. The Balaban J connectivity index is 1.07. The first-order chi connectivity index (χ1) is 17.6. The summed E-state index contributed by atoms with van der Waals surface area (Å²) in [6, 6.07) is 9.61. The van der Waals surface area contributed by atoms with E-state index in [0.29, 0.717) is 19.5 Å². The maximum atomic E-state index is 12.8. The SMILES string of the molecule is CC1(C)O[C@H]2[C@@H](O1)[C@@H](COC(=O)N1CCC(CC(=O)OCc3ccccc3)CC1)O[C@@H]1OC(C)(C)O[C@@H]12. The average Bonchev–Trinajstić information content (AvgIpc) is 3.36. The molecule has 204 valence electrons. The number of nitrogens with zero attached hydrogens (tertiary/aromatic N) is 1. The number of likely N-dealkylation sites (tertiary alicyclic amines) is 1. The molecule has 0 bridgehead atoms. The van der Waals surface area contributed by atoms with Crippen LogP contribution in [-0.4, -0.2) is 78.9 Å². The van der Waals surface area contributed by atoms with E-state index in [1.165, 1.54) is 0 Å². The molecule has 10 heteroatoms. The minimum absolute atomic E-state index is 0.0121. The monoisotopic (exact) mass is 519 g/mol. The van der Waals surface area contributed by atoms with E-state index in [2.05, 4.69) is 0 Å². The molecule has 4 aliphatic rings. The molecule has 4 fully saturated rings. The molecule has 1 aromatic carbocycles. The maximum Gasteiger partial charge on any atom is 0.409 e. The molecule has 5 atom stereocenters. The molecule has 0 aromatic heterocycles. The predicted octanol–water partition coefficient (Wildman–Crippen LogP) is 3.37. The summed E-state index contributed by atoms with van der Waals surface area (Å²) in [4.78, 5) is 26.7. The molecule has 0 unspecified atom stereocenters. The minimum Gasteiger partial charge on any atom is -0.461 e. The van der Waals surface area contributed by atoms with Crippen molar-refractivity contribution in [3.8, 4) is 0 Å². The van der Waals surface area contributed by atoms with Crippen molar-refractivity contribution in [1.29, 1.82) is 0 Å². The minimum atomic E-state index is -0.809. The number of amides is 1. The zero-order valence-electron chi connectivity index (χ0n) is 21.9. The van der Waals surface area contributed by atoms with Gasteiger partial charge in [0, 0.05) is 19.5 Å². The van der Waals surface area contributed by atoms with Crippen LogP contribution >= 0.6 is 0 Å². The molecule has 4 aliphatic heterocycles. The molecule has 0 aliphatic carbocycles. The Bertz CT molecular complexity index is 960. The second-order valence-electron chi connectivity index (χ2n) is 11.1. The zero-order valence-corrected chi connectivity index (χ0v) is 21.9. The van der Waals surface area contributed by atoms with E-state index in [4.69, 9.17) is 33.2 Å². The molecule has 0 spiro atoms. The van der Waals surface area contributed by atoms with Crippen LogP contribution in [0, 0.1) is 5.92 Å². The Kier molecular flexibility index (Phi) is 7.48. The fourth-order valence-electron chi connectivity index (χ4n) is 5.42. The average molecular weight is 520 g/mol. The van der Waals surface area contributed by atoms with Crippen molar-refractivity contribution in [3.05, 3.63) is 35.9 Å². The van der Waals surface area contributed by atoms with Gasteiger partial charge in [0.25, 0.3) is 0 Å². The molecular formula is C27H37NO9. The number of esters is 1. The van der Waals surface area contributed by atoms with E-state index < -0.39 is 48.4 Å². The summed E-state index contributed by atoms with van der Waals surface area (Å²) in [6.45, 7) is 8.66. The van der Waals surface area contributed by atoms with Gasteiger partial charge in [-0.25, -0.2) is 4.79 Å². The van der Waals surface area contributed by atoms with Crippen molar-refractivity contribution < 1.29 is 42.7 Å². The number of ether oxygens (including phenoxy) is 7. The second-order valence-corrected chi connectivity index (χ2v) is 11.1. The lowest BCUT2D eigenvalue weighted by Crippen LogP contribution is -2.56. The van der Waals surface area contributed by atoms with Crippen molar-refractivity contribution in [2.24, 2.45) is 5.92 Å². The molecule has 0 radical (unpaired) electrons. The molecule has 10 nitrogen and oxygen atoms in total. The summed E-state index contributed by atoms with van der Waals surface area (Å²) >= 11 is 0. The second kappa shape index (κ2) is 10.5. The molecule has 5 rings (SSSR count). The summed E-state index contributed by atoms with van der Waals surface area (Å²) in [5.74, 6) is -1.65. The van der Waals surface area contributed by atoms with Crippen molar-refractivity contribution in [2.45, 2.75) is 95.8 Å². The third-order valence-corrected chi connectivity index (χ3v) is 7.19. The van der Waals surface area contributed by atoms with Gasteiger partial charge in [0.1, 0.15) is 37.6 Å². The topological polar surface area (TPSA) is 102 Å². The molecule has 0 N–H and O–H groups in total. The first kappa shape index (κ1) is 26.4. The quantitative estimate of drug-likeness (QED) is 0.524. The Labute approximate surface area is 217 Å². The van der Waals surface area contributed by atoms with E-state index in [9.17, 15) is 9.59 Å². The van der Waals surface area contributed by atoms with E-state index in [0.717, 1.165) is 18.4 Å². The van der Waals surface area contributed by atoms with Gasteiger partial charge < -0.3 is 38.1 Å². The first-order valence-corrected chi connectivity index (χ1v) is 13.1. The van der Waals surface area contributed by atoms with Gasteiger partial charge in [-0.1, -0.05) is 30.3 Å². The highest BCUT2D eigenvalue weighted by Gasteiger charge is 2.60. The van der Waals surface area contributed by atoms with Crippen LogP contribution in [0.3, 0.4) is 0 Å². The summed E-state index contributed by atoms with van der Waals surface area (Å²) in [5.41, 5.74) is 0.964. The molecule has 4 saturated heterocycles. The Morgan fingerprint density at radius 2 is 1.54 bits per heavy atom. The Morgan fingerprint density at radius 1 is 0.892 bits per heavy atom. The largest absolute Gasteiger partial charge is 0.461 e. The third kappa shape index (κ3) is 6.26. The lowest BCUT2D eigenvalue weighted by molar-refractivity contribution is -0.240. The molecule has 4 heterocycles. The van der Waals surface area contributed by atoms with Gasteiger partial charge in [0.15, 0.2) is 17.9 Å². The molecule has 37 heavy (non-hydrogen) atoms. The highest BCUT2D eigenvalue weighted by Crippen LogP contribution is 2.44. The van der Waals surface area contributed by atoms with Gasteiger partial charge in [0.05, 0.1) is 0 Å². The van der Waals surface area contributed by atoms with Crippen LogP contribution in [0.25, 0.3) is 0 Å². The number of carbonyl (C=O) groups excluding carboxylic acids is 2. The summed E-state index contributed by atoms with van der Waals surface area (Å²) in [6.07, 6.45) is -1.07. The normalized spacial score (nSPS) is 32.4. The van der Waals surface area contributed by atoms with Crippen LogP contribution in [0.15, 0.2) is 30.3 Å². The third-order valence-electron chi connectivity index (χ3n) is 7.19. The van der Waals surface area contributed by atoms with Crippen LogP contribution in [-0.2, 0) is 44.6 Å².